The predicted molar refractivity (Wildman–Crippen MR) is 89.3 cm³/mol. The van der Waals surface area contributed by atoms with Gasteiger partial charge in [0.15, 0.2) is 6.40 Å². The van der Waals surface area contributed by atoms with Gasteiger partial charge in [0, 0.05) is 16.8 Å². The molecular formula is C15H29NO7SZn. The van der Waals surface area contributed by atoms with Gasteiger partial charge < -0.3 is 18.9 Å². The van der Waals surface area contributed by atoms with Crippen LogP contribution in [-0.4, -0.2) is 48.2 Å². The number of carbonyl (C=O) groups is 1. The van der Waals surface area contributed by atoms with Crippen molar-refractivity contribution in [3.05, 3.63) is 0 Å². The number of carboxylic acid groups (broad SMARTS) is 1. The second kappa shape index (κ2) is 21.5. The van der Waals surface area contributed by atoms with Gasteiger partial charge in [0.25, 0.3) is 0 Å². The number of carboxylic acids is 1. The van der Waals surface area contributed by atoms with Crippen LogP contribution in [0.5, 0.6) is 0 Å². The molecule has 1 heterocycles. The van der Waals surface area contributed by atoms with E-state index >= 15 is 0 Å². The summed E-state index contributed by atoms with van der Waals surface area (Å²) >= 11 is 0. The Bertz CT molecular complexity index is 402. The molecule has 10 heteroatoms. The molecule has 25 heavy (non-hydrogen) atoms. The zero-order valence-electron chi connectivity index (χ0n) is 15.0. The fourth-order valence-electron chi connectivity index (χ4n) is 1.85. The van der Waals surface area contributed by atoms with Gasteiger partial charge >= 0.3 is 25.4 Å². The zero-order chi connectivity index (χ0) is 18.7. The Kier molecular flexibility index (Phi) is 25.1. The van der Waals surface area contributed by atoms with E-state index in [1.807, 2.05) is 0 Å². The van der Waals surface area contributed by atoms with Crippen molar-refractivity contribution in [1.29, 1.82) is 0 Å². The Morgan fingerprint density at radius 3 is 1.80 bits per heavy atom. The van der Waals surface area contributed by atoms with Crippen molar-refractivity contribution >= 4 is 22.8 Å². The number of ether oxygens (including phenoxy) is 1. The van der Waals surface area contributed by atoms with Crippen molar-refractivity contribution in [1.82, 2.24) is 0 Å². The van der Waals surface area contributed by atoms with Crippen LogP contribution in [0.2, 0.25) is 0 Å². The summed E-state index contributed by atoms with van der Waals surface area (Å²) in [6.45, 7) is 3.85. The smallest absolute Gasteiger partial charge is 0.759 e. The molecule has 0 radical (unpaired) electrons. The molecule has 0 fully saturated rings. The van der Waals surface area contributed by atoms with Crippen LogP contribution >= 0.6 is 0 Å². The summed E-state index contributed by atoms with van der Waals surface area (Å²) in [5, 5.41) is 8.41. The zero-order valence-corrected chi connectivity index (χ0v) is 18.8. The summed E-state index contributed by atoms with van der Waals surface area (Å²) in [7, 11) is -5.17. The van der Waals surface area contributed by atoms with Crippen molar-refractivity contribution < 1.29 is 51.6 Å². The van der Waals surface area contributed by atoms with Gasteiger partial charge in [0.05, 0.1) is 6.54 Å². The van der Waals surface area contributed by atoms with Crippen LogP contribution in [-0.2, 0) is 39.4 Å². The van der Waals surface area contributed by atoms with Gasteiger partial charge in [-0.3, -0.25) is 18.2 Å². The van der Waals surface area contributed by atoms with Crippen molar-refractivity contribution in [2.75, 3.05) is 13.2 Å². The summed E-state index contributed by atoms with van der Waals surface area (Å²) in [6.07, 6.45) is 13.0. The molecule has 1 rings (SSSR count). The van der Waals surface area contributed by atoms with E-state index in [1.165, 1.54) is 51.3 Å². The number of nitrogens with zero attached hydrogens (tertiary/aromatic N) is 1. The minimum Gasteiger partial charge on any atom is -0.759 e. The van der Waals surface area contributed by atoms with Crippen molar-refractivity contribution in [3.8, 4) is 0 Å². The first kappa shape index (κ1) is 29.2. The molecule has 0 saturated carbocycles. The third-order valence-corrected chi connectivity index (χ3v) is 2.98. The topological polar surface area (TPSA) is 139 Å². The van der Waals surface area contributed by atoms with E-state index in [0.717, 1.165) is 26.0 Å². The van der Waals surface area contributed by atoms with Gasteiger partial charge in [-0.15, -0.1) is 0 Å². The summed E-state index contributed by atoms with van der Waals surface area (Å²) in [5.41, 5.74) is 0. The predicted octanol–water partition coefficient (Wildman–Crippen LogP) is 2.70. The molecule has 8 nitrogen and oxygen atoms in total. The van der Waals surface area contributed by atoms with Gasteiger partial charge in [-0.05, 0) is 6.42 Å². The number of aliphatic carboxylic acids is 1. The quantitative estimate of drug-likeness (QED) is 0.242. The van der Waals surface area contributed by atoms with E-state index in [4.69, 9.17) is 22.6 Å². The van der Waals surface area contributed by atoms with E-state index in [0.29, 0.717) is 6.42 Å². The summed E-state index contributed by atoms with van der Waals surface area (Å²) in [5.74, 6) is -0.659. The third kappa shape index (κ3) is 45.2. The number of hydrogen-bond acceptors (Lipinski definition) is 7. The van der Waals surface area contributed by atoms with Crippen molar-refractivity contribution in [2.45, 2.75) is 71.1 Å². The first-order chi connectivity index (χ1) is 11.3. The minimum absolute atomic E-state index is 0. The van der Waals surface area contributed by atoms with Crippen LogP contribution in [0.25, 0.3) is 0 Å². The minimum atomic E-state index is -5.17. The Morgan fingerprint density at radius 1 is 1.08 bits per heavy atom. The Morgan fingerprint density at radius 2 is 1.52 bits per heavy atom. The van der Waals surface area contributed by atoms with E-state index in [1.54, 1.807) is 0 Å². The summed E-state index contributed by atoms with van der Waals surface area (Å²) in [4.78, 5) is 13.9. The number of hydrogen-bond donors (Lipinski definition) is 1. The first-order valence-corrected chi connectivity index (χ1v) is 9.59. The molecule has 0 saturated heterocycles. The summed E-state index contributed by atoms with van der Waals surface area (Å²) < 4.78 is 38.7. The molecule has 144 valence electrons. The Hall–Kier alpha value is -0.567. The fraction of sp³-hybridized carbons (Fsp3) is 0.867. The maximum atomic E-state index is 10.2. The van der Waals surface area contributed by atoms with Gasteiger partial charge in [0.2, 0.25) is 0 Å². The molecule has 1 aliphatic heterocycles. The van der Waals surface area contributed by atoms with Gasteiger partial charge in [0.1, 0.15) is 6.61 Å². The molecular weight excluding hydrogens is 404 g/mol. The molecule has 1 N–H and O–H groups in total. The first-order valence-electron chi connectivity index (χ1n) is 8.25. The average molecular weight is 433 g/mol. The van der Waals surface area contributed by atoms with Crippen LogP contribution < -0.4 is 0 Å². The van der Waals surface area contributed by atoms with E-state index in [2.05, 4.69) is 16.7 Å². The SMILES string of the molecule is C1=NCCO1.CCCCCCCCCCCC(=O)O.O=S(=O)([O-])[O-].[Zn+2]. The second-order valence-electron chi connectivity index (χ2n) is 5.26. The Balaban J connectivity index is -0.000000359. The standard InChI is InChI=1S/C12H24O2.C3H5NO.H2O4S.Zn/c1-2-3-4-5-6-7-8-9-10-11-12(13)14;1-2-5-3-4-1;1-5(2,3)4;/h2-11H2,1H3,(H,13,14);3H,1-2H2;(H2,1,2,3,4);/q;;;+2/p-2. The molecule has 0 bridgehead atoms. The van der Waals surface area contributed by atoms with E-state index < -0.39 is 16.4 Å². The van der Waals surface area contributed by atoms with Crippen molar-refractivity contribution in [3.63, 3.8) is 0 Å². The second-order valence-corrected chi connectivity index (χ2v) is 6.08. The third-order valence-electron chi connectivity index (χ3n) is 2.98. The average Bonchev–Trinajstić information content (AvgIpc) is 3.03. The Labute approximate surface area is 163 Å². The maximum absolute atomic E-state index is 10.2. The number of aliphatic imine (C=N–C) groups is 1. The molecule has 0 aromatic rings. The van der Waals surface area contributed by atoms with Gasteiger partial charge in [-0.2, -0.15) is 0 Å². The normalized spacial score (nSPS) is 12.0. The number of unbranched alkanes of at least 4 members (excludes halogenated alkanes) is 8. The largest absolute Gasteiger partial charge is 2.00 e. The molecule has 0 atom stereocenters. The molecule has 0 unspecified atom stereocenters. The van der Waals surface area contributed by atoms with Crippen LogP contribution in [0.3, 0.4) is 0 Å². The fourth-order valence-corrected chi connectivity index (χ4v) is 1.85. The monoisotopic (exact) mass is 431 g/mol. The van der Waals surface area contributed by atoms with Gasteiger partial charge in [-0.25, -0.2) is 0 Å². The van der Waals surface area contributed by atoms with E-state index in [-0.39, 0.29) is 19.5 Å². The summed E-state index contributed by atoms with van der Waals surface area (Å²) in [6, 6.07) is 0. The molecule has 0 aromatic carbocycles. The van der Waals surface area contributed by atoms with Crippen molar-refractivity contribution in [2.24, 2.45) is 4.99 Å². The molecule has 0 aromatic heterocycles. The molecule has 0 spiro atoms. The molecule has 0 amide bonds. The van der Waals surface area contributed by atoms with Crippen LogP contribution in [0.1, 0.15) is 71.1 Å². The number of rotatable bonds is 10. The van der Waals surface area contributed by atoms with Crippen LogP contribution in [0.15, 0.2) is 4.99 Å². The van der Waals surface area contributed by atoms with Gasteiger partial charge in [-0.1, -0.05) is 58.3 Å². The van der Waals surface area contributed by atoms with Crippen LogP contribution in [0, 0.1) is 0 Å². The molecule has 0 aliphatic carbocycles. The van der Waals surface area contributed by atoms with E-state index in [9.17, 15) is 4.79 Å². The molecule has 1 aliphatic rings. The van der Waals surface area contributed by atoms with Crippen LogP contribution in [0.4, 0.5) is 0 Å². The maximum Gasteiger partial charge on any atom is 2.00 e.